The molecule has 4 aromatic rings. The average molecular weight is 481 g/mol. The van der Waals surface area contributed by atoms with E-state index in [4.69, 9.17) is 0 Å². The van der Waals surface area contributed by atoms with E-state index >= 15 is 0 Å². The molecule has 3 aromatic heterocycles. The third kappa shape index (κ3) is 3.26. The van der Waals surface area contributed by atoms with Crippen molar-refractivity contribution in [3.05, 3.63) is 78.9 Å². The summed E-state index contributed by atoms with van der Waals surface area (Å²) in [5.74, 6) is 0. The summed E-state index contributed by atoms with van der Waals surface area (Å²) in [6.45, 7) is 4.14. The monoisotopic (exact) mass is 480 g/mol. The zero-order valence-corrected chi connectivity index (χ0v) is 19.3. The minimum absolute atomic E-state index is 0.0719. The van der Waals surface area contributed by atoms with Gasteiger partial charge in [0.15, 0.2) is 0 Å². The van der Waals surface area contributed by atoms with Crippen LogP contribution in [-0.2, 0) is 12.8 Å². The molecule has 7 heteroatoms. The average Bonchev–Trinajstić information content (AvgIpc) is 3.25. The number of thiophene rings is 1. The number of aromatic nitrogens is 3. The summed E-state index contributed by atoms with van der Waals surface area (Å²) in [7, 11) is 0. The van der Waals surface area contributed by atoms with Crippen molar-refractivity contribution in [2.24, 2.45) is 5.10 Å². The van der Waals surface area contributed by atoms with Crippen molar-refractivity contribution in [3.8, 4) is 5.69 Å². The Morgan fingerprint density at radius 2 is 1.93 bits per heavy atom. The molecule has 152 valence electrons. The Morgan fingerprint density at radius 3 is 2.73 bits per heavy atom. The molecule has 1 aliphatic carbocycles. The highest BCUT2D eigenvalue weighted by Crippen LogP contribution is 2.33. The van der Waals surface area contributed by atoms with Crippen molar-refractivity contribution in [1.29, 1.82) is 0 Å². The molecule has 1 aromatic carbocycles. The van der Waals surface area contributed by atoms with Crippen LogP contribution >= 0.6 is 27.3 Å². The lowest BCUT2D eigenvalue weighted by Gasteiger charge is -2.10. The quantitative estimate of drug-likeness (QED) is 0.369. The van der Waals surface area contributed by atoms with Crippen molar-refractivity contribution in [2.45, 2.75) is 39.5 Å². The van der Waals surface area contributed by atoms with Crippen molar-refractivity contribution >= 4 is 43.7 Å². The molecule has 0 radical (unpaired) electrons. The molecular formula is C23H21BrN4OS. The fourth-order valence-corrected chi connectivity index (χ4v) is 5.73. The normalized spacial score (nSPS) is 14.0. The van der Waals surface area contributed by atoms with E-state index in [1.807, 2.05) is 12.1 Å². The summed E-state index contributed by atoms with van der Waals surface area (Å²) >= 11 is 5.15. The minimum Gasteiger partial charge on any atom is -0.318 e. The first-order chi connectivity index (χ1) is 14.5. The maximum atomic E-state index is 13.1. The van der Waals surface area contributed by atoms with E-state index in [9.17, 15) is 4.79 Å². The van der Waals surface area contributed by atoms with Crippen LogP contribution in [0, 0.1) is 13.8 Å². The molecule has 0 N–H and O–H groups in total. The molecule has 0 bridgehead atoms. The highest BCUT2D eigenvalue weighted by molar-refractivity contribution is 9.10. The van der Waals surface area contributed by atoms with Crippen molar-refractivity contribution < 1.29 is 0 Å². The van der Waals surface area contributed by atoms with Gasteiger partial charge >= 0.3 is 0 Å². The number of nitrogens with zero attached hydrogens (tertiary/aromatic N) is 4. The number of fused-ring (bicyclic) bond motifs is 3. The molecule has 0 saturated carbocycles. The van der Waals surface area contributed by atoms with Crippen LogP contribution in [-0.4, -0.2) is 20.4 Å². The van der Waals surface area contributed by atoms with Gasteiger partial charge in [-0.2, -0.15) is 9.78 Å². The van der Waals surface area contributed by atoms with Crippen LogP contribution in [0.5, 0.6) is 0 Å². The lowest BCUT2D eigenvalue weighted by Crippen LogP contribution is -2.18. The van der Waals surface area contributed by atoms with Crippen LogP contribution in [0.15, 0.2) is 51.0 Å². The van der Waals surface area contributed by atoms with E-state index in [-0.39, 0.29) is 5.56 Å². The van der Waals surface area contributed by atoms with E-state index < -0.39 is 0 Å². The third-order valence-corrected chi connectivity index (χ3v) is 7.46. The topological polar surface area (TPSA) is 52.2 Å². The fourth-order valence-electron chi connectivity index (χ4n) is 4.25. The van der Waals surface area contributed by atoms with Gasteiger partial charge in [-0.1, -0.05) is 15.9 Å². The number of hydrogen-bond acceptors (Lipinski definition) is 4. The van der Waals surface area contributed by atoms with Gasteiger partial charge in [-0.05, 0) is 75.4 Å². The van der Waals surface area contributed by atoms with E-state index in [1.54, 1.807) is 17.6 Å². The first-order valence-electron chi connectivity index (χ1n) is 10.0. The maximum absolute atomic E-state index is 13.1. The molecule has 5 rings (SSSR count). The van der Waals surface area contributed by atoms with Gasteiger partial charge in [-0.15, -0.1) is 11.3 Å². The van der Waals surface area contributed by atoms with Crippen LogP contribution in [0.25, 0.3) is 15.9 Å². The third-order valence-electron chi connectivity index (χ3n) is 5.74. The predicted octanol–water partition coefficient (Wildman–Crippen LogP) is 5.39. The van der Waals surface area contributed by atoms with Crippen molar-refractivity contribution in [3.63, 3.8) is 0 Å². The molecule has 0 amide bonds. The Hall–Kier alpha value is -2.51. The van der Waals surface area contributed by atoms with Crippen LogP contribution in [0.2, 0.25) is 0 Å². The molecule has 5 nitrogen and oxygen atoms in total. The Balaban J connectivity index is 1.54. The molecule has 3 heterocycles. The van der Waals surface area contributed by atoms with Crippen molar-refractivity contribution in [1.82, 2.24) is 14.2 Å². The molecule has 0 saturated heterocycles. The molecule has 0 atom stereocenters. The van der Waals surface area contributed by atoms with Crippen LogP contribution < -0.4 is 5.56 Å². The van der Waals surface area contributed by atoms with E-state index in [1.165, 1.54) is 27.9 Å². The molecule has 0 fully saturated rings. The van der Waals surface area contributed by atoms with E-state index in [0.717, 1.165) is 56.6 Å². The summed E-state index contributed by atoms with van der Waals surface area (Å²) in [5, 5.41) is 5.24. The number of hydrogen-bond donors (Lipinski definition) is 0. The van der Waals surface area contributed by atoms with Gasteiger partial charge in [-0.3, -0.25) is 4.79 Å². The van der Waals surface area contributed by atoms with Crippen LogP contribution in [0.1, 0.15) is 40.2 Å². The first-order valence-corrected chi connectivity index (χ1v) is 11.6. The second-order valence-corrected chi connectivity index (χ2v) is 9.67. The van der Waals surface area contributed by atoms with Gasteiger partial charge in [0.1, 0.15) is 11.2 Å². The number of halogens is 1. The molecule has 1 aliphatic rings. The summed E-state index contributed by atoms with van der Waals surface area (Å²) in [5.41, 5.74) is 5.39. The van der Waals surface area contributed by atoms with Crippen LogP contribution in [0.3, 0.4) is 0 Å². The minimum atomic E-state index is -0.0719. The second-order valence-electron chi connectivity index (χ2n) is 7.67. The Morgan fingerprint density at radius 1 is 1.17 bits per heavy atom. The highest BCUT2D eigenvalue weighted by Gasteiger charge is 2.20. The van der Waals surface area contributed by atoms with E-state index in [0.29, 0.717) is 0 Å². The summed E-state index contributed by atoms with van der Waals surface area (Å²) < 4.78 is 4.61. The molecular weight excluding hydrogens is 460 g/mol. The number of aryl methyl sites for hydroxylation is 3. The van der Waals surface area contributed by atoms with E-state index in [2.05, 4.69) is 62.6 Å². The fraction of sp³-hybridized carbons (Fsp3) is 0.261. The lowest BCUT2D eigenvalue weighted by molar-refractivity contribution is 0.699. The largest absolute Gasteiger partial charge is 0.318 e. The number of benzene rings is 1. The summed E-state index contributed by atoms with van der Waals surface area (Å²) in [6.07, 6.45) is 7.65. The maximum Gasteiger partial charge on any atom is 0.282 e. The van der Waals surface area contributed by atoms with Gasteiger partial charge in [-0.25, -0.2) is 4.98 Å². The summed E-state index contributed by atoms with van der Waals surface area (Å²) in [6, 6.07) is 10.3. The standard InChI is InChI=1S/C23H21BrN4OS/c1-14-11-16(15(2)28(14)18-9-7-17(24)8-10-18)12-26-27-13-25-22-21(23(27)29)19-5-3-4-6-20(19)30-22/h7-13H,3-6H2,1-2H3/b26-12+. The van der Waals surface area contributed by atoms with Gasteiger partial charge in [0.2, 0.25) is 0 Å². The predicted molar refractivity (Wildman–Crippen MR) is 126 cm³/mol. The van der Waals surface area contributed by atoms with Gasteiger partial charge in [0, 0.05) is 32.0 Å². The molecule has 0 unspecified atom stereocenters. The number of rotatable bonds is 3. The second kappa shape index (κ2) is 7.63. The summed E-state index contributed by atoms with van der Waals surface area (Å²) in [4.78, 5) is 19.8. The molecule has 0 spiro atoms. The smallest absolute Gasteiger partial charge is 0.282 e. The van der Waals surface area contributed by atoms with Crippen molar-refractivity contribution in [2.75, 3.05) is 0 Å². The van der Waals surface area contributed by atoms with Gasteiger partial charge < -0.3 is 4.57 Å². The first kappa shape index (κ1) is 19.5. The Bertz CT molecular complexity index is 1340. The SMILES string of the molecule is Cc1cc(/C=N/n2cnc3sc4c(c3c2=O)CCCC4)c(C)n1-c1ccc(Br)cc1. The Labute approximate surface area is 186 Å². The Kier molecular flexibility index (Phi) is 4.95. The molecule has 0 aliphatic heterocycles. The lowest BCUT2D eigenvalue weighted by atomic mass is 9.97. The zero-order chi connectivity index (χ0) is 20.8. The molecule has 30 heavy (non-hydrogen) atoms. The highest BCUT2D eigenvalue weighted by atomic mass is 79.9. The van der Waals surface area contributed by atoms with Gasteiger partial charge in [0.05, 0.1) is 11.6 Å². The van der Waals surface area contributed by atoms with Crippen LogP contribution in [0.4, 0.5) is 0 Å². The zero-order valence-electron chi connectivity index (χ0n) is 16.9. The van der Waals surface area contributed by atoms with Gasteiger partial charge in [0.25, 0.3) is 5.56 Å².